The minimum absolute atomic E-state index is 0.0342. The van der Waals surface area contributed by atoms with Gasteiger partial charge in [0.05, 0.1) is 10.6 Å². The molecule has 1 aliphatic rings. The van der Waals surface area contributed by atoms with Crippen LogP contribution in [0.1, 0.15) is 0 Å². The fourth-order valence-electron chi connectivity index (χ4n) is 1.44. The third-order valence-corrected chi connectivity index (χ3v) is 2.20. The molecule has 0 aliphatic carbocycles. The van der Waals surface area contributed by atoms with E-state index in [4.69, 9.17) is 0 Å². The van der Waals surface area contributed by atoms with Gasteiger partial charge in [0.25, 0.3) is 11.8 Å². The molecule has 0 saturated heterocycles. The van der Waals surface area contributed by atoms with Crippen LogP contribution in [0.15, 0.2) is 30.4 Å². The van der Waals surface area contributed by atoms with Gasteiger partial charge < -0.3 is 0 Å². The second kappa shape index (κ2) is 3.78. The van der Waals surface area contributed by atoms with Crippen LogP contribution < -0.4 is 4.90 Å². The molecule has 0 N–H and O–H groups in total. The Bertz CT molecular complexity index is 549. The Labute approximate surface area is 94.1 Å². The van der Waals surface area contributed by atoms with Gasteiger partial charge in [0, 0.05) is 24.3 Å². The van der Waals surface area contributed by atoms with Crippen LogP contribution in [0.25, 0.3) is 0 Å². The van der Waals surface area contributed by atoms with Crippen molar-refractivity contribution in [2.24, 2.45) is 0 Å². The molecule has 0 fully saturated rings. The van der Waals surface area contributed by atoms with Crippen molar-refractivity contribution >= 4 is 23.2 Å². The number of halogens is 1. The zero-order valence-electron chi connectivity index (χ0n) is 8.29. The van der Waals surface area contributed by atoms with Gasteiger partial charge in [0.2, 0.25) is 5.82 Å². The van der Waals surface area contributed by atoms with Crippen molar-refractivity contribution < 1.29 is 18.9 Å². The second-order valence-electron chi connectivity index (χ2n) is 3.24. The van der Waals surface area contributed by atoms with Crippen LogP contribution >= 0.6 is 0 Å². The number of carbonyl (C=O) groups excluding carboxylic acids is 2. The molecule has 1 heterocycles. The van der Waals surface area contributed by atoms with Crippen molar-refractivity contribution in [2.75, 3.05) is 4.90 Å². The molecular weight excluding hydrogens is 231 g/mol. The average molecular weight is 236 g/mol. The normalized spacial score (nSPS) is 14.5. The van der Waals surface area contributed by atoms with Crippen LogP contribution in [0.2, 0.25) is 0 Å². The van der Waals surface area contributed by atoms with Gasteiger partial charge in [-0.05, 0) is 6.07 Å². The fraction of sp³-hybridized carbons (Fsp3) is 0. The summed E-state index contributed by atoms with van der Waals surface area (Å²) in [4.78, 5) is 32.8. The van der Waals surface area contributed by atoms with Gasteiger partial charge in [-0.1, -0.05) is 0 Å². The number of anilines is 1. The number of benzene rings is 1. The van der Waals surface area contributed by atoms with Crippen molar-refractivity contribution in [3.8, 4) is 0 Å². The summed E-state index contributed by atoms with van der Waals surface area (Å²) in [7, 11) is 0. The van der Waals surface area contributed by atoms with E-state index in [1.807, 2.05) is 0 Å². The molecule has 17 heavy (non-hydrogen) atoms. The van der Waals surface area contributed by atoms with E-state index in [0.29, 0.717) is 0 Å². The molecule has 0 aromatic heterocycles. The maximum Gasteiger partial charge on any atom is 0.304 e. The van der Waals surface area contributed by atoms with Gasteiger partial charge in [-0.15, -0.1) is 0 Å². The fourth-order valence-corrected chi connectivity index (χ4v) is 1.44. The van der Waals surface area contributed by atoms with Gasteiger partial charge in [-0.2, -0.15) is 4.39 Å². The summed E-state index contributed by atoms with van der Waals surface area (Å²) in [5.41, 5.74) is -0.742. The zero-order valence-corrected chi connectivity index (χ0v) is 8.29. The molecule has 1 aromatic carbocycles. The number of carbonyl (C=O) groups is 2. The highest BCUT2D eigenvalue weighted by molar-refractivity contribution is 6.28. The lowest BCUT2D eigenvalue weighted by molar-refractivity contribution is -0.387. The summed E-state index contributed by atoms with van der Waals surface area (Å²) in [6.45, 7) is 0. The van der Waals surface area contributed by atoms with Crippen LogP contribution in [0.5, 0.6) is 0 Å². The number of nitro groups is 1. The summed E-state index contributed by atoms with van der Waals surface area (Å²) in [6.07, 6.45) is 2.09. The quantitative estimate of drug-likeness (QED) is 0.438. The third kappa shape index (κ3) is 1.78. The van der Waals surface area contributed by atoms with Gasteiger partial charge in [-0.3, -0.25) is 19.7 Å². The number of rotatable bonds is 2. The first kappa shape index (κ1) is 10.9. The van der Waals surface area contributed by atoms with E-state index in [1.165, 1.54) is 0 Å². The molecule has 0 atom stereocenters. The highest BCUT2D eigenvalue weighted by Crippen LogP contribution is 2.25. The van der Waals surface area contributed by atoms with Crippen LogP contribution in [0.4, 0.5) is 15.8 Å². The Morgan fingerprint density at radius 1 is 1.18 bits per heavy atom. The Kier molecular flexibility index (Phi) is 2.43. The first-order chi connectivity index (χ1) is 8.00. The lowest BCUT2D eigenvalue weighted by Crippen LogP contribution is -2.29. The van der Waals surface area contributed by atoms with Gasteiger partial charge in [0.1, 0.15) is 0 Å². The van der Waals surface area contributed by atoms with E-state index in [-0.39, 0.29) is 5.69 Å². The van der Waals surface area contributed by atoms with E-state index in [0.717, 1.165) is 35.3 Å². The largest absolute Gasteiger partial charge is 0.304 e. The summed E-state index contributed by atoms with van der Waals surface area (Å²) in [5.74, 6) is -2.31. The summed E-state index contributed by atoms with van der Waals surface area (Å²) in [5, 5.41) is 10.4. The van der Waals surface area contributed by atoms with Crippen molar-refractivity contribution in [3.63, 3.8) is 0 Å². The predicted molar refractivity (Wildman–Crippen MR) is 54.7 cm³/mol. The maximum atomic E-state index is 13.3. The van der Waals surface area contributed by atoms with Crippen LogP contribution in [0.3, 0.4) is 0 Å². The third-order valence-electron chi connectivity index (χ3n) is 2.20. The van der Waals surface area contributed by atoms with Gasteiger partial charge in [-0.25, -0.2) is 4.90 Å². The molecule has 7 heteroatoms. The smallest absolute Gasteiger partial charge is 0.269 e. The topological polar surface area (TPSA) is 80.5 Å². The molecule has 1 aliphatic heterocycles. The zero-order chi connectivity index (χ0) is 12.6. The first-order valence-corrected chi connectivity index (χ1v) is 4.51. The van der Waals surface area contributed by atoms with Crippen molar-refractivity contribution in [1.29, 1.82) is 0 Å². The highest BCUT2D eigenvalue weighted by atomic mass is 19.1. The molecule has 2 amide bonds. The lowest BCUT2D eigenvalue weighted by atomic mass is 10.2. The van der Waals surface area contributed by atoms with Crippen LogP contribution in [-0.4, -0.2) is 16.7 Å². The van der Waals surface area contributed by atoms with E-state index >= 15 is 0 Å². The van der Waals surface area contributed by atoms with Crippen LogP contribution in [0, 0.1) is 15.9 Å². The molecule has 86 valence electrons. The predicted octanol–water partition coefficient (Wildman–Crippen LogP) is 1.16. The summed E-state index contributed by atoms with van der Waals surface area (Å²) < 4.78 is 13.3. The molecule has 6 nitrogen and oxygen atoms in total. The Balaban J connectivity index is 2.42. The van der Waals surface area contributed by atoms with Crippen molar-refractivity contribution in [2.45, 2.75) is 0 Å². The van der Waals surface area contributed by atoms with E-state index < -0.39 is 28.2 Å². The molecule has 2 rings (SSSR count). The molecule has 0 saturated carbocycles. The molecule has 0 spiro atoms. The standard InChI is InChI=1S/C10H5FN2O4/c11-7-5-6(1-2-8(7)13(16)17)12-9(14)3-4-10(12)15/h1-5H. The first-order valence-electron chi connectivity index (χ1n) is 4.51. The molecule has 0 bridgehead atoms. The number of nitro benzene ring substituents is 1. The van der Waals surface area contributed by atoms with Crippen LogP contribution in [-0.2, 0) is 9.59 Å². The number of nitrogens with zero attached hydrogens (tertiary/aromatic N) is 2. The molecule has 0 radical (unpaired) electrons. The van der Waals surface area contributed by atoms with Crippen molar-refractivity contribution in [1.82, 2.24) is 0 Å². The van der Waals surface area contributed by atoms with E-state index in [9.17, 15) is 24.1 Å². The van der Waals surface area contributed by atoms with Gasteiger partial charge in [0.15, 0.2) is 0 Å². The Morgan fingerprint density at radius 2 is 1.76 bits per heavy atom. The van der Waals surface area contributed by atoms with E-state index in [2.05, 4.69) is 0 Å². The SMILES string of the molecule is O=C1C=CC(=O)N1c1ccc([N+](=O)[O-])c(F)c1. The summed E-state index contributed by atoms with van der Waals surface area (Å²) in [6, 6.07) is 2.83. The maximum absolute atomic E-state index is 13.3. The van der Waals surface area contributed by atoms with E-state index in [1.54, 1.807) is 0 Å². The Hall–Kier alpha value is -2.57. The Morgan fingerprint density at radius 3 is 2.24 bits per heavy atom. The number of hydrogen-bond donors (Lipinski definition) is 0. The molecule has 0 unspecified atom stereocenters. The number of imide groups is 1. The average Bonchev–Trinajstić information content (AvgIpc) is 2.58. The number of hydrogen-bond acceptors (Lipinski definition) is 4. The minimum Gasteiger partial charge on any atom is -0.269 e. The molecule has 1 aromatic rings. The highest BCUT2D eigenvalue weighted by Gasteiger charge is 2.27. The summed E-state index contributed by atoms with van der Waals surface area (Å²) >= 11 is 0. The lowest BCUT2D eigenvalue weighted by Gasteiger charge is -2.13. The number of amides is 2. The van der Waals surface area contributed by atoms with Crippen molar-refractivity contribution in [3.05, 3.63) is 46.3 Å². The monoisotopic (exact) mass is 236 g/mol. The minimum atomic E-state index is -1.10. The second-order valence-corrected chi connectivity index (χ2v) is 3.24. The molecular formula is C10H5FN2O4. The van der Waals surface area contributed by atoms with Gasteiger partial charge >= 0.3 is 5.69 Å².